The van der Waals surface area contributed by atoms with Crippen molar-refractivity contribution in [3.05, 3.63) is 23.8 Å². The van der Waals surface area contributed by atoms with Crippen LogP contribution in [0.3, 0.4) is 0 Å². The van der Waals surface area contributed by atoms with Crippen molar-refractivity contribution in [2.45, 2.75) is 76.8 Å². The minimum atomic E-state index is -4.45. The molecule has 0 spiro atoms. The lowest BCUT2D eigenvalue weighted by Crippen LogP contribution is -2.25. The Morgan fingerprint density at radius 2 is 1.38 bits per heavy atom. The number of hydrogen-bond acceptors (Lipinski definition) is 2. The van der Waals surface area contributed by atoms with Gasteiger partial charge in [0.15, 0.2) is 0 Å². The van der Waals surface area contributed by atoms with Crippen molar-refractivity contribution >= 4 is 0 Å². The van der Waals surface area contributed by atoms with Gasteiger partial charge in [-0.15, -0.1) is 0 Å². The second kappa shape index (κ2) is 7.40. The molecule has 134 valence electrons. The van der Waals surface area contributed by atoms with Gasteiger partial charge in [0.25, 0.3) is 0 Å². The molecule has 0 aliphatic heterocycles. The third-order valence-corrected chi connectivity index (χ3v) is 6.30. The molecule has 0 saturated heterocycles. The van der Waals surface area contributed by atoms with Crippen molar-refractivity contribution in [1.82, 2.24) is 9.97 Å². The molecule has 0 aromatic carbocycles. The van der Waals surface area contributed by atoms with Crippen LogP contribution in [-0.4, -0.2) is 9.97 Å². The molecule has 2 fully saturated rings. The van der Waals surface area contributed by atoms with Gasteiger partial charge < -0.3 is 0 Å². The van der Waals surface area contributed by atoms with Gasteiger partial charge in [0.2, 0.25) is 5.82 Å². The van der Waals surface area contributed by atoms with Crippen LogP contribution in [0.1, 0.15) is 82.0 Å². The summed E-state index contributed by atoms with van der Waals surface area (Å²) in [4.78, 5) is 7.03. The number of hydrogen-bond donors (Lipinski definition) is 0. The molecule has 1 aromatic rings. The lowest BCUT2D eigenvalue weighted by molar-refractivity contribution is -0.145. The normalized spacial score (nSPS) is 31.8. The molecular weight excluding hydrogens is 313 g/mol. The van der Waals surface area contributed by atoms with Crippen molar-refractivity contribution in [2.24, 2.45) is 17.8 Å². The first kappa shape index (κ1) is 17.7. The third-order valence-electron chi connectivity index (χ3n) is 6.30. The highest BCUT2D eigenvalue weighted by molar-refractivity contribution is 5.13. The van der Waals surface area contributed by atoms with Crippen molar-refractivity contribution in [2.75, 3.05) is 0 Å². The molecule has 0 N–H and O–H groups in total. The molecular formula is C19H27F3N2. The summed E-state index contributed by atoms with van der Waals surface area (Å²) in [5.74, 6) is 1.91. The second-order valence-electron chi connectivity index (χ2n) is 7.64. The SMILES string of the molecule is CC[C@H]1CC[C@H]([C@H]2CC[C@H](c3cnc(C(F)(F)F)nc3)CC2)CC1. The van der Waals surface area contributed by atoms with Crippen LogP contribution in [-0.2, 0) is 6.18 Å². The van der Waals surface area contributed by atoms with Gasteiger partial charge in [0.05, 0.1) is 0 Å². The van der Waals surface area contributed by atoms with E-state index in [-0.39, 0.29) is 0 Å². The number of aromatic nitrogens is 2. The highest BCUT2D eigenvalue weighted by Gasteiger charge is 2.35. The summed E-state index contributed by atoms with van der Waals surface area (Å²) in [5.41, 5.74) is 0.871. The van der Waals surface area contributed by atoms with Gasteiger partial charge in [-0.1, -0.05) is 26.2 Å². The first-order chi connectivity index (χ1) is 11.5. The number of alkyl halides is 3. The quantitative estimate of drug-likeness (QED) is 0.676. The van der Waals surface area contributed by atoms with Gasteiger partial charge in [0, 0.05) is 12.4 Å². The molecule has 2 nitrogen and oxygen atoms in total. The van der Waals surface area contributed by atoms with Gasteiger partial charge in [-0.3, -0.25) is 0 Å². The van der Waals surface area contributed by atoms with Crippen LogP contribution in [0, 0.1) is 17.8 Å². The van der Waals surface area contributed by atoms with Crippen LogP contribution in [0.5, 0.6) is 0 Å². The molecule has 0 bridgehead atoms. The van der Waals surface area contributed by atoms with Crippen LogP contribution >= 0.6 is 0 Å². The van der Waals surface area contributed by atoms with Gasteiger partial charge in [-0.2, -0.15) is 13.2 Å². The number of nitrogens with zero attached hydrogens (tertiary/aromatic N) is 2. The van der Waals surface area contributed by atoms with Crippen LogP contribution < -0.4 is 0 Å². The van der Waals surface area contributed by atoms with E-state index in [0.717, 1.165) is 36.2 Å². The molecule has 0 radical (unpaired) electrons. The molecule has 2 saturated carbocycles. The number of halogens is 3. The average molecular weight is 340 g/mol. The zero-order valence-electron chi connectivity index (χ0n) is 14.4. The topological polar surface area (TPSA) is 25.8 Å². The first-order valence-corrected chi connectivity index (χ1v) is 9.36. The monoisotopic (exact) mass is 340 g/mol. The van der Waals surface area contributed by atoms with E-state index in [0.29, 0.717) is 5.92 Å². The van der Waals surface area contributed by atoms with Crippen molar-refractivity contribution in [3.8, 4) is 0 Å². The van der Waals surface area contributed by atoms with Gasteiger partial charge in [-0.25, -0.2) is 9.97 Å². The Balaban J connectivity index is 1.52. The van der Waals surface area contributed by atoms with Crippen molar-refractivity contribution < 1.29 is 13.2 Å². The predicted molar refractivity (Wildman–Crippen MR) is 87.5 cm³/mol. The summed E-state index contributed by atoms with van der Waals surface area (Å²) in [5, 5.41) is 0. The third kappa shape index (κ3) is 4.09. The van der Waals surface area contributed by atoms with Crippen LogP contribution in [0.4, 0.5) is 13.2 Å². The highest BCUT2D eigenvalue weighted by atomic mass is 19.4. The molecule has 2 aliphatic rings. The molecule has 0 amide bonds. The zero-order chi connectivity index (χ0) is 17.2. The van der Waals surface area contributed by atoms with Gasteiger partial charge in [-0.05, 0) is 67.8 Å². The Morgan fingerprint density at radius 3 is 1.83 bits per heavy atom. The number of rotatable bonds is 3. The Bertz CT molecular complexity index is 510. The molecule has 3 rings (SSSR count). The molecule has 0 unspecified atom stereocenters. The zero-order valence-corrected chi connectivity index (χ0v) is 14.4. The Morgan fingerprint density at radius 1 is 0.875 bits per heavy atom. The fourth-order valence-corrected chi connectivity index (χ4v) is 4.69. The van der Waals surface area contributed by atoms with Crippen molar-refractivity contribution in [3.63, 3.8) is 0 Å². The average Bonchev–Trinajstić information content (AvgIpc) is 2.61. The van der Waals surface area contributed by atoms with E-state index in [1.54, 1.807) is 0 Å². The maximum Gasteiger partial charge on any atom is 0.451 e. The summed E-state index contributed by atoms with van der Waals surface area (Å²) in [6.07, 6.45) is 9.66. The summed E-state index contributed by atoms with van der Waals surface area (Å²) in [7, 11) is 0. The fraction of sp³-hybridized carbons (Fsp3) is 0.789. The van der Waals surface area contributed by atoms with E-state index >= 15 is 0 Å². The first-order valence-electron chi connectivity index (χ1n) is 9.36. The Kier molecular flexibility index (Phi) is 5.46. The minimum absolute atomic E-state index is 0.329. The molecule has 1 heterocycles. The molecule has 2 aliphatic carbocycles. The maximum absolute atomic E-state index is 12.5. The Labute approximate surface area is 142 Å². The van der Waals surface area contributed by atoms with E-state index < -0.39 is 12.0 Å². The molecule has 24 heavy (non-hydrogen) atoms. The summed E-state index contributed by atoms with van der Waals surface area (Å²) >= 11 is 0. The van der Waals surface area contributed by atoms with Crippen LogP contribution in [0.2, 0.25) is 0 Å². The highest BCUT2D eigenvalue weighted by Crippen LogP contribution is 2.44. The van der Waals surface area contributed by atoms with Gasteiger partial charge >= 0.3 is 6.18 Å². The van der Waals surface area contributed by atoms with E-state index in [1.165, 1.54) is 57.3 Å². The molecule has 0 atom stereocenters. The lowest BCUT2D eigenvalue weighted by Gasteiger charge is -2.37. The van der Waals surface area contributed by atoms with Gasteiger partial charge in [0.1, 0.15) is 0 Å². The van der Waals surface area contributed by atoms with Crippen LogP contribution in [0.15, 0.2) is 12.4 Å². The Hall–Kier alpha value is -1.13. The largest absolute Gasteiger partial charge is 0.451 e. The van der Waals surface area contributed by atoms with E-state index in [4.69, 9.17) is 0 Å². The lowest BCUT2D eigenvalue weighted by atomic mass is 9.68. The smallest absolute Gasteiger partial charge is 0.233 e. The standard InChI is InChI=1S/C19H27F3N2/c1-2-13-3-5-14(6-4-13)15-7-9-16(10-8-15)17-11-23-18(24-12-17)19(20,21)22/h11-16H,2-10H2,1H3/t13-,14-,15-,16-. The van der Waals surface area contributed by atoms with E-state index in [9.17, 15) is 13.2 Å². The fourth-order valence-electron chi connectivity index (χ4n) is 4.69. The summed E-state index contributed by atoms with van der Waals surface area (Å²) < 4.78 is 37.6. The van der Waals surface area contributed by atoms with Crippen molar-refractivity contribution in [1.29, 1.82) is 0 Å². The summed E-state index contributed by atoms with van der Waals surface area (Å²) in [6.45, 7) is 2.29. The minimum Gasteiger partial charge on any atom is -0.233 e. The molecule has 1 aromatic heterocycles. The second-order valence-corrected chi connectivity index (χ2v) is 7.64. The predicted octanol–water partition coefficient (Wildman–Crippen LogP) is 5.99. The maximum atomic E-state index is 12.5. The van der Waals surface area contributed by atoms with Crippen LogP contribution in [0.25, 0.3) is 0 Å². The molecule has 5 heteroatoms. The summed E-state index contributed by atoms with van der Waals surface area (Å²) in [6, 6.07) is 0. The van der Waals surface area contributed by atoms with E-state index in [2.05, 4.69) is 16.9 Å². The van der Waals surface area contributed by atoms with E-state index in [1.807, 2.05) is 0 Å².